The summed E-state index contributed by atoms with van der Waals surface area (Å²) in [4.78, 5) is 1.95. The normalized spacial score (nSPS) is 11.7. The van der Waals surface area contributed by atoms with Crippen LogP contribution in [0, 0.1) is 5.41 Å². The number of nitrogen functional groups attached to an aromatic ring is 1. The summed E-state index contributed by atoms with van der Waals surface area (Å²) in [6, 6.07) is 7.38. The molecule has 6 heteroatoms. The van der Waals surface area contributed by atoms with Crippen LogP contribution < -0.4 is 5.73 Å². The van der Waals surface area contributed by atoms with Gasteiger partial charge < -0.3 is 10.6 Å². The molecular formula is C12H19N3O2S. The third kappa shape index (κ3) is 5.29. The number of nitrogens with zero attached hydrogens (tertiary/aromatic N) is 1. The van der Waals surface area contributed by atoms with E-state index < -0.39 is 9.84 Å². The highest BCUT2D eigenvalue weighted by atomic mass is 32.2. The number of benzene rings is 1. The lowest BCUT2D eigenvalue weighted by molar-refractivity contribution is 0.346. The van der Waals surface area contributed by atoms with E-state index in [0.29, 0.717) is 18.7 Å². The molecular weight excluding hydrogens is 250 g/mol. The van der Waals surface area contributed by atoms with Gasteiger partial charge in [-0.15, -0.1) is 0 Å². The SMILES string of the molecule is CN(CCS(C)(=O)=O)Cc1ccc(C(=N)N)cc1. The van der Waals surface area contributed by atoms with Crippen molar-refractivity contribution in [3.63, 3.8) is 0 Å². The molecule has 0 radical (unpaired) electrons. The van der Waals surface area contributed by atoms with Crippen LogP contribution in [0.2, 0.25) is 0 Å². The molecule has 5 nitrogen and oxygen atoms in total. The summed E-state index contributed by atoms with van der Waals surface area (Å²) in [5.41, 5.74) is 7.12. The molecule has 0 fully saturated rings. The van der Waals surface area contributed by atoms with Gasteiger partial charge in [-0.3, -0.25) is 5.41 Å². The summed E-state index contributed by atoms with van der Waals surface area (Å²) in [6.07, 6.45) is 1.24. The lowest BCUT2D eigenvalue weighted by atomic mass is 10.1. The average molecular weight is 269 g/mol. The van der Waals surface area contributed by atoms with Gasteiger partial charge in [-0.05, 0) is 12.6 Å². The predicted octanol–water partition coefficient (Wildman–Crippen LogP) is 0.447. The van der Waals surface area contributed by atoms with Crippen molar-refractivity contribution >= 4 is 15.7 Å². The van der Waals surface area contributed by atoms with Crippen LogP contribution in [-0.4, -0.2) is 44.8 Å². The fourth-order valence-corrected chi connectivity index (χ4v) is 2.15. The molecule has 3 N–H and O–H groups in total. The van der Waals surface area contributed by atoms with Crippen molar-refractivity contribution in [1.29, 1.82) is 5.41 Å². The molecule has 0 saturated carbocycles. The Morgan fingerprint density at radius 3 is 2.33 bits per heavy atom. The second-order valence-corrected chi connectivity index (χ2v) is 6.74. The van der Waals surface area contributed by atoms with E-state index in [1.165, 1.54) is 6.26 Å². The number of hydrogen-bond acceptors (Lipinski definition) is 4. The third-order valence-corrected chi connectivity index (χ3v) is 3.49. The van der Waals surface area contributed by atoms with Crippen LogP contribution >= 0.6 is 0 Å². The lowest BCUT2D eigenvalue weighted by Gasteiger charge is -2.16. The Balaban J connectivity index is 2.54. The first-order valence-corrected chi connectivity index (χ1v) is 7.63. The fraction of sp³-hybridized carbons (Fsp3) is 0.417. The Morgan fingerprint density at radius 2 is 1.89 bits per heavy atom. The van der Waals surface area contributed by atoms with Gasteiger partial charge in [0.1, 0.15) is 15.7 Å². The Kier molecular flexibility index (Phi) is 4.86. The molecule has 0 heterocycles. The Hall–Kier alpha value is -1.40. The van der Waals surface area contributed by atoms with E-state index in [4.69, 9.17) is 11.1 Å². The summed E-state index contributed by atoms with van der Waals surface area (Å²) in [7, 11) is -1.04. The van der Waals surface area contributed by atoms with E-state index >= 15 is 0 Å². The average Bonchev–Trinajstić information content (AvgIpc) is 2.26. The smallest absolute Gasteiger partial charge is 0.148 e. The zero-order valence-corrected chi connectivity index (χ0v) is 11.5. The van der Waals surface area contributed by atoms with E-state index in [9.17, 15) is 8.42 Å². The van der Waals surface area contributed by atoms with E-state index in [-0.39, 0.29) is 11.6 Å². The van der Waals surface area contributed by atoms with Gasteiger partial charge in [0.25, 0.3) is 0 Å². The highest BCUT2D eigenvalue weighted by Gasteiger charge is 2.06. The van der Waals surface area contributed by atoms with Crippen molar-refractivity contribution in [2.75, 3.05) is 25.6 Å². The molecule has 100 valence electrons. The number of hydrogen-bond donors (Lipinski definition) is 2. The lowest BCUT2D eigenvalue weighted by Crippen LogP contribution is -2.24. The van der Waals surface area contributed by atoms with Crippen LogP contribution in [0.5, 0.6) is 0 Å². The van der Waals surface area contributed by atoms with Gasteiger partial charge in [-0.2, -0.15) is 0 Å². The molecule has 0 aliphatic rings. The summed E-state index contributed by atoms with van der Waals surface area (Å²) in [6.45, 7) is 1.18. The third-order valence-electron chi connectivity index (χ3n) is 2.56. The van der Waals surface area contributed by atoms with Crippen molar-refractivity contribution in [3.8, 4) is 0 Å². The van der Waals surface area contributed by atoms with Crippen molar-refractivity contribution in [3.05, 3.63) is 35.4 Å². The van der Waals surface area contributed by atoms with Crippen molar-refractivity contribution in [2.45, 2.75) is 6.54 Å². The topological polar surface area (TPSA) is 87.2 Å². The van der Waals surface area contributed by atoms with Crippen LogP contribution in [0.1, 0.15) is 11.1 Å². The van der Waals surface area contributed by atoms with Crippen LogP contribution in [0.15, 0.2) is 24.3 Å². The van der Waals surface area contributed by atoms with Gasteiger partial charge in [0.15, 0.2) is 0 Å². The van der Waals surface area contributed by atoms with Gasteiger partial charge in [0.2, 0.25) is 0 Å². The molecule has 0 aliphatic carbocycles. The van der Waals surface area contributed by atoms with Crippen LogP contribution in [0.3, 0.4) is 0 Å². The molecule has 0 unspecified atom stereocenters. The standard InChI is InChI=1S/C12H19N3O2S/c1-15(7-8-18(2,16)17)9-10-3-5-11(6-4-10)12(13)14/h3-6H,7-9H2,1-2H3,(H3,13,14). The fourth-order valence-electron chi connectivity index (χ4n) is 1.50. The number of rotatable bonds is 6. The second kappa shape index (κ2) is 5.97. The molecule has 0 atom stereocenters. The van der Waals surface area contributed by atoms with Crippen molar-refractivity contribution in [2.24, 2.45) is 5.73 Å². The number of sulfone groups is 1. The summed E-state index contributed by atoms with van der Waals surface area (Å²) < 4.78 is 22.1. The molecule has 0 spiro atoms. The first-order valence-electron chi connectivity index (χ1n) is 5.57. The maximum atomic E-state index is 11.0. The molecule has 1 rings (SSSR count). The number of amidine groups is 1. The molecule has 1 aromatic carbocycles. The molecule has 0 bridgehead atoms. The largest absolute Gasteiger partial charge is 0.384 e. The highest BCUT2D eigenvalue weighted by Crippen LogP contribution is 2.06. The molecule has 1 aromatic rings. The van der Waals surface area contributed by atoms with E-state index in [2.05, 4.69) is 0 Å². The van der Waals surface area contributed by atoms with E-state index in [0.717, 1.165) is 5.56 Å². The molecule has 0 amide bonds. The zero-order chi connectivity index (χ0) is 13.8. The maximum absolute atomic E-state index is 11.0. The summed E-state index contributed by atoms with van der Waals surface area (Å²) in [5, 5.41) is 7.28. The van der Waals surface area contributed by atoms with Gasteiger partial charge in [0.05, 0.1) is 5.75 Å². The Morgan fingerprint density at radius 1 is 1.33 bits per heavy atom. The highest BCUT2D eigenvalue weighted by molar-refractivity contribution is 7.90. The molecule has 0 aromatic heterocycles. The minimum Gasteiger partial charge on any atom is -0.384 e. The quantitative estimate of drug-likeness (QED) is 0.580. The summed E-state index contributed by atoms with van der Waals surface area (Å²) >= 11 is 0. The Labute approximate surface area is 108 Å². The summed E-state index contributed by atoms with van der Waals surface area (Å²) in [5.74, 6) is 0.210. The first kappa shape index (κ1) is 14.7. The second-order valence-electron chi connectivity index (χ2n) is 4.48. The van der Waals surface area contributed by atoms with Gasteiger partial charge >= 0.3 is 0 Å². The Bertz CT molecular complexity index is 509. The van der Waals surface area contributed by atoms with E-state index in [1.807, 2.05) is 24.1 Å². The minimum absolute atomic E-state index is 0.0481. The monoisotopic (exact) mass is 269 g/mol. The first-order chi connectivity index (χ1) is 8.28. The zero-order valence-electron chi connectivity index (χ0n) is 10.7. The van der Waals surface area contributed by atoms with Gasteiger partial charge in [-0.25, -0.2) is 8.42 Å². The predicted molar refractivity (Wildman–Crippen MR) is 73.5 cm³/mol. The number of nitrogens with two attached hydrogens (primary N) is 1. The van der Waals surface area contributed by atoms with Gasteiger partial charge in [0, 0.05) is 24.9 Å². The maximum Gasteiger partial charge on any atom is 0.148 e. The van der Waals surface area contributed by atoms with Crippen molar-refractivity contribution < 1.29 is 8.42 Å². The van der Waals surface area contributed by atoms with Crippen LogP contribution in [0.4, 0.5) is 0 Å². The minimum atomic E-state index is -2.92. The molecule has 18 heavy (non-hydrogen) atoms. The van der Waals surface area contributed by atoms with Gasteiger partial charge in [-0.1, -0.05) is 24.3 Å². The van der Waals surface area contributed by atoms with Crippen molar-refractivity contribution in [1.82, 2.24) is 4.90 Å². The molecule has 0 saturated heterocycles. The van der Waals surface area contributed by atoms with Crippen LogP contribution in [-0.2, 0) is 16.4 Å². The van der Waals surface area contributed by atoms with Crippen LogP contribution in [0.25, 0.3) is 0 Å². The number of nitrogens with one attached hydrogen (secondary N) is 1. The van der Waals surface area contributed by atoms with E-state index in [1.54, 1.807) is 12.1 Å². The molecule has 0 aliphatic heterocycles.